The molecule has 6 heteroatoms. The summed E-state index contributed by atoms with van der Waals surface area (Å²) in [6.45, 7) is 3.74. The van der Waals surface area contributed by atoms with Crippen LogP contribution in [0.2, 0.25) is 0 Å². The minimum absolute atomic E-state index is 0.135. The van der Waals surface area contributed by atoms with Gasteiger partial charge in [0.05, 0.1) is 0 Å². The van der Waals surface area contributed by atoms with Gasteiger partial charge in [0.25, 0.3) is 5.91 Å². The largest absolute Gasteiger partial charge is 0.451 e. The highest BCUT2D eigenvalue weighted by Crippen LogP contribution is 2.11. The average molecular weight is 317 g/mol. The Morgan fingerprint density at radius 1 is 1.44 bits per heavy atom. The van der Waals surface area contributed by atoms with Crippen molar-refractivity contribution in [1.82, 2.24) is 10.3 Å². The van der Waals surface area contributed by atoms with E-state index in [2.05, 4.69) is 26.2 Å². The molecule has 0 unspecified atom stereocenters. The highest BCUT2D eigenvalue weighted by atomic mass is 79.9. The number of esters is 1. The van der Waals surface area contributed by atoms with Gasteiger partial charge in [-0.05, 0) is 34.8 Å². The molecule has 0 aromatic carbocycles. The lowest BCUT2D eigenvalue weighted by Gasteiger charge is -2.14. The van der Waals surface area contributed by atoms with Crippen LogP contribution < -0.4 is 5.32 Å². The van der Waals surface area contributed by atoms with Gasteiger partial charge >= 0.3 is 5.97 Å². The Labute approximate surface area is 114 Å². The van der Waals surface area contributed by atoms with E-state index in [9.17, 15) is 9.59 Å². The maximum atomic E-state index is 11.5. The summed E-state index contributed by atoms with van der Waals surface area (Å²) in [5, 5.41) is 2.79. The molecule has 1 rings (SSSR count). The van der Waals surface area contributed by atoms with Crippen molar-refractivity contribution in [2.24, 2.45) is 0 Å². The van der Waals surface area contributed by atoms with Crippen LogP contribution in [0.4, 0.5) is 0 Å². The number of carbonyl (C=O) groups excluding carboxylic acids is 2. The first kappa shape index (κ1) is 14.8. The highest BCUT2D eigenvalue weighted by Gasteiger charge is 2.13. The number of H-pyrrole nitrogens is 1. The predicted octanol–water partition coefficient (Wildman–Crippen LogP) is 2.24. The molecule has 0 aliphatic heterocycles. The van der Waals surface area contributed by atoms with Crippen molar-refractivity contribution >= 4 is 27.8 Å². The van der Waals surface area contributed by atoms with Crippen LogP contribution in [-0.2, 0) is 9.53 Å². The van der Waals surface area contributed by atoms with Gasteiger partial charge in [-0.2, -0.15) is 0 Å². The average Bonchev–Trinajstić information content (AvgIpc) is 2.79. The number of ether oxygens (including phenoxy) is 1. The number of aromatic amines is 1. The van der Waals surface area contributed by atoms with E-state index in [4.69, 9.17) is 4.74 Å². The number of hydrogen-bond acceptors (Lipinski definition) is 3. The minimum Gasteiger partial charge on any atom is -0.451 e. The predicted molar refractivity (Wildman–Crippen MR) is 71.3 cm³/mol. The Kier molecular flexibility index (Phi) is 5.91. The first-order valence-corrected chi connectivity index (χ1v) is 6.66. The quantitative estimate of drug-likeness (QED) is 0.791. The Bertz CT molecular complexity index is 413. The van der Waals surface area contributed by atoms with Gasteiger partial charge in [0.15, 0.2) is 6.61 Å². The number of halogens is 1. The molecule has 1 amide bonds. The summed E-state index contributed by atoms with van der Waals surface area (Å²) in [6, 6.07) is 1.73. The van der Waals surface area contributed by atoms with E-state index in [0.29, 0.717) is 5.69 Å². The van der Waals surface area contributed by atoms with E-state index in [1.165, 1.54) is 0 Å². The van der Waals surface area contributed by atoms with Gasteiger partial charge in [0, 0.05) is 16.7 Å². The molecule has 1 heterocycles. The van der Waals surface area contributed by atoms with Crippen LogP contribution in [-0.4, -0.2) is 29.5 Å². The van der Waals surface area contributed by atoms with Gasteiger partial charge in [0.2, 0.25) is 0 Å². The van der Waals surface area contributed by atoms with E-state index < -0.39 is 5.97 Å². The molecule has 0 atom stereocenters. The molecule has 0 aliphatic rings. The number of hydrogen-bond donors (Lipinski definition) is 2. The van der Waals surface area contributed by atoms with Crippen LogP contribution in [0.15, 0.2) is 16.7 Å². The van der Waals surface area contributed by atoms with Crippen molar-refractivity contribution in [3.8, 4) is 0 Å². The van der Waals surface area contributed by atoms with Gasteiger partial charge in [0.1, 0.15) is 5.69 Å². The Morgan fingerprint density at radius 3 is 2.61 bits per heavy atom. The Balaban J connectivity index is 2.36. The lowest BCUT2D eigenvalue weighted by molar-refractivity contribution is -0.125. The van der Waals surface area contributed by atoms with Crippen LogP contribution >= 0.6 is 15.9 Å². The van der Waals surface area contributed by atoms with Gasteiger partial charge in [-0.25, -0.2) is 4.79 Å². The van der Waals surface area contributed by atoms with E-state index in [1.807, 2.05) is 13.8 Å². The maximum Gasteiger partial charge on any atom is 0.355 e. The number of rotatable bonds is 6. The molecule has 1 aromatic rings. The van der Waals surface area contributed by atoms with Crippen LogP contribution in [0.5, 0.6) is 0 Å². The van der Waals surface area contributed by atoms with E-state index in [0.717, 1.165) is 17.3 Å². The SMILES string of the molecule is CCC(CC)NC(=O)COC(=O)c1cc(Br)c[nH]1. The zero-order valence-corrected chi connectivity index (χ0v) is 12.0. The molecule has 18 heavy (non-hydrogen) atoms. The molecule has 0 bridgehead atoms. The van der Waals surface area contributed by atoms with Crippen LogP contribution in [0.1, 0.15) is 37.2 Å². The summed E-state index contributed by atoms with van der Waals surface area (Å²) >= 11 is 3.21. The Hall–Kier alpha value is -1.30. The van der Waals surface area contributed by atoms with E-state index >= 15 is 0 Å². The molecule has 0 spiro atoms. The molecule has 0 aliphatic carbocycles. The number of aromatic nitrogens is 1. The first-order valence-electron chi connectivity index (χ1n) is 5.87. The molecule has 2 N–H and O–H groups in total. The maximum absolute atomic E-state index is 11.5. The highest BCUT2D eigenvalue weighted by molar-refractivity contribution is 9.10. The second-order valence-corrected chi connectivity index (χ2v) is 4.80. The standard InChI is InChI=1S/C12H17BrN2O3/c1-3-9(4-2)15-11(16)7-18-12(17)10-5-8(13)6-14-10/h5-6,9,14H,3-4,7H2,1-2H3,(H,15,16). The van der Waals surface area contributed by atoms with E-state index in [-0.39, 0.29) is 18.6 Å². The molecule has 0 saturated carbocycles. The number of nitrogens with one attached hydrogen (secondary N) is 2. The smallest absolute Gasteiger partial charge is 0.355 e. The molecular formula is C12H17BrN2O3. The lowest BCUT2D eigenvalue weighted by atomic mass is 10.2. The fourth-order valence-corrected chi connectivity index (χ4v) is 1.80. The summed E-state index contributed by atoms with van der Waals surface area (Å²) < 4.78 is 5.65. The van der Waals surface area contributed by atoms with Gasteiger partial charge in [-0.1, -0.05) is 13.8 Å². The fraction of sp³-hybridized carbons (Fsp3) is 0.500. The third-order valence-electron chi connectivity index (χ3n) is 2.55. The van der Waals surface area contributed by atoms with Crippen molar-refractivity contribution in [3.05, 3.63) is 22.4 Å². The third kappa shape index (κ3) is 4.52. The summed E-state index contributed by atoms with van der Waals surface area (Å²) in [5.41, 5.74) is 0.317. The Morgan fingerprint density at radius 2 is 2.11 bits per heavy atom. The van der Waals surface area contributed by atoms with Crippen molar-refractivity contribution in [1.29, 1.82) is 0 Å². The van der Waals surface area contributed by atoms with Gasteiger partial charge in [-0.15, -0.1) is 0 Å². The molecule has 1 aromatic heterocycles. The summed E-state index contributed by atoms with van der Waals surface area (Å²) in [4.78, 5) is 25.8. The van der Waals surface area contributed by atoms with Crippen molar-refractivity contribution in [2.75, 3.05) is 6.61 Å². The van der Waals surface area contributed by atoms with Crippen molar-refractivity contribution in [3.63, 3.8) is 0 Å². The second kappa shape index (κ2) is 7.20. The van der Waals surface area contributed by atoms with Gasteiger partial charge < -0.3 is 15.0 Å². The number of amides is 1. The molecule has 0 radical (unpaired) electrons. The van der Waals surface area contributed by atoms with Crippen LogP contribution in [0.25, 0.3) is 0 Å². The van der Waals surface area contributed by atoms with E-state index in [1.54, 1.807) is 12.3 Å². The monoisotopic (exact) mass is 316 g/mol. The summed E-state index contributed by atoms with van der Waals surface area (Å²) in [6.07, 6.45) is 3.35. The first-order chi connectivity index (χ1) is 8.56. The molecular weight excluding hydrogens is 300 g/mol. The lowest BCUT2D eigenvalue weighted by Crippen LogP contribution is -2.36. The topological polar surface area (TPSA) is 71.2 Å². The van der Waals surface area contributed by atoms with Crippen molar-refractivity contribution in [2.45, 2.75) is 32.7 Å². The number of carbonyl (C=O) groups is 2. The second-order valence-electron chi connectivity index (χ2n) is 3.89. The van der Waals surface area contributed by atoms with Crippen LogP contribution in [0, 0.1) is 0 Å². The minimum atomic E-state index is -0.541. The zero-order chi connectivity index (χ0) is 13.5. The molecule has 0 fully saturated rings. The normalized spacial score (nSPS) is 10.4. The van der Waals surface area contributed by atoms with Crippen LogP contribution in [0.3, 0.4) is 0 Å². The molecule has 0 saturated heterocycles. The molecule has 100 valence electrons. The fourth-order valence-electron chi connectivity index (χ4n) is 1.46. The third-order valence-corrected chi connectivity index (χ3v) is 3.01. The van der Waals surface area contributed by atoms with Crippen molar-refractivity contribution < 1.29 is 14.3 Å². The van der Waals surface area contributed by atoms with Gasteiger partial charge in [-0.3, -0.25) is 4.79 Å². The summed E-state index contributed by atoms with van der Waals surface area (Å²) in [7, 11) is 0. The zero-order valence-electron chi connectivity index (χ0n) is 10.5. The molecule has 5 nitrogen and oxygen atoms in total. The summed E-state index contributed by atoms with van der Waals surface area (Å²) in [5.74, 6) is -0.817.